The average Bonchev–Trinajstić information content (AvgIpc) is 3.08. The van der Waals surface area contributed by atoms with E-state index in [4.69, 9.17) is 18.9 Å². The van der Waals surface area contributed by atoms with Crippen molar-refractivity contribution in [3.8, 4) is 11.5 Å². The van der Waals surface area contributed by atoms with Gasteiger partial charge in [-0.05, 0) is 25.0 Å². The SMILES string of the molecule is C=CCO[C@@H]1CC[C@H]2[C@H]1OCCN2C(=O)c1cccc2c1OCCO2. The summed E-state index contributed by atoms with van der Waals surface area (Å²) in [4.78, 5) is 15.1. The van der Waals surface area contributed by atoms with E-state index in [2.05, 4.69) is 6.58 Å². The molecule has 6 nitrogen and oxygen atoms in total. The minimum Gasteiger partial charge on any atom is -0.486 e. The molecule has 0 spiro atoms. The van der Waals surface area contributed by atoms with Crippen LogP contribution in [-0.4, -0.2) is 62.0 Å². The van der Waals surface area contributed by atoms with Crippen LogP contribution in [0.25, 0.3) is 0 Å². The molecule has 2 fully saturated rings. The molecule has 3 aliphatic rings. The Bertz CT molecular complexity index is 661. The molecule has 0 bridgehead atoms. The normalized spacial score (nSPS) is 27.7. The van der Waals surface area contributed by atoms with Crippen molar-refractivity contribution in [3.05, 3.63) is 36.4 Å². The Balaban J connectivity index is 1.56. The summed E-state index contributed by atoms with van der Waals surface area (Å²) in [7, 11) is 0. The second kappa shape index (κ2) is 7.06. The Labute approximate surface area is 147 Å². The second-order valence-corrected chi connectivity index (χ2v) is 6.47. The number of hydrogen-bond donors (Lipinski definition) is 0. The second-order valence-electron chi connectivity index (χ2n) is 6.47. The van der Waals surface area contributed by atoms with E-state index < -0.39 is 0 Å². The highest BCUT2D eigenvalue weighted by Gasteiger charge is 2.45. The van der Waals surface area contributed by atoms with Gasteiger partial charge in [0, 0.05) is 6.54 Å². The number of ether oxygens (including phenoxy) is 4. The Morgan fingerprint density at radius 3 is 3.04 bits per heavy atom. The number of benzene rings is 1. The van der Waals surface area contributed by atoms with Crippen LogP contribution in [0.15, 0.2) is 30.9 Å². The zero-order valence-electron chi connectivity index (χ0n) is 14.2. The molecule has 0 aromatic heterocycles. The molecule has 1 aromatic carbocycles. The Morgan fingerprint density at radius 2 is 2.16 bits per heavy atom. The summed E-state index contributed by atoms with van der Waals surface area (Å²) in [5.74, 6) is 1.17. The van der Waals surface area contributed by atoms with E-state index in [1.807, 2.05) is 17.0 Å². The van der Waals surface area contributed by atoms with Crippen LogP contribution in [0.2, 0.25) is 0 Å². The van der Waals surface area contributed by atoms with E-state index >= 15 is 0 Å². The van der Waals surface area contributed by atoms with Crippen molar-refractivity contribution >= 4 is 5.91 Å². The summed E-state index contributed by atoms with van der Waals surface area (Å²) in [5, 5.41) is 0. The Morgan fingerprint density at radius 1 is 1.28 bits per heavy atom. The molecule has 0 N–H and O–H groups in total. The molecule has 1 amide bonds. The van der Waals surface area contributed by atoms with E-state index in [9.17, 15) is 4.79 Å². The molecule has 0 unspecified atom stereocenters. The molecule has 1 aliphatic carbocycles. The van der Waals surface area contributed by atoms with Gasteiger partial charge in [-0.15, -0.1) is 6.58 Å². The van der Waals surface area contributed by atoms with Gasteiger partial charge < -0.3 is 23.8 Å². The van der Waals surface area contributed by atoms with Gasteiger partial charge in [-0.2, -0.15) is 0 Å². The number of hydrogen-bond acceptors (Lipinski definition) is 5. The number of carbonyl (C=O) groups excluding carboxylic acids is 1. The Kier molecular flexibility index (Phi) is 4.63. The van der Waals surface area contributed by atoms with Crippen molar-refractivity contribution in [3.63, 3.8) is 0 Å². The van der Waals surface area contributed by atoms with Gasteiger partial charge in [-0.1, -0.05) is 12.1 Å². The molecule has 1 aromatic rings. The molecular weight excluding hydrogens is 322 g/mol. The van der Waals surface area contributed by atoms with Gasteiger partial charge in [0.15, 0.2) is 11.5 Å². The Hall–Kier alpha value is -2.05. The molecule has 2 aliphatic heterocycles. The third-order valence-electron chi connectivity index (χ3n) is 5.02. The van der Waals surface area contributed by atoms with Gasteiger partial charge in [0.05, 0.1) is 30.9 Å². The lowest BCUT2D eigenvalue weighted by Gasteiger charge is -2.39. The molecule has 6 heteroatoms. The average molecular weight is 345 g/mol. The van der Waals surface area contributed by atoms with Crippen LogP contribution in [0.3, 0.4) is 0 Å². The van der Waals surface area contributed by atoms with Crippen molar-refractivity contribution < 1.29 is 23.7 Å². The van der Waals surface area contributed by atoms with E-state index in [-0.39, 0.29) is 24.2 Å². The van der Waals surface area contributed by atoms with Gasteiger partial charge in [0.25, 0.3) is 5.91 Å². The monoisotopic (exact) mass is 345 g/mol. The molecule has 2 heterocycles. The summed E-state index contributed by atoms with van der Waals surface area (Å²) >= 11 is 0. The minimum atomic E-state index is -0.0747. The lowest BCUT2D eigenvalue weighted by Crippen LogP contribution is -2.54. The molecular formula is C19H23NO5. The topological polar surface area (TPSA) is 57.2 Å². The van der Waals surface area contributed by atoms with Gasteiger partial charge >= 0.3 is 0 Å². The predicted octanol–water partition coefficient (Wildman–Crippen LogP) is 2.03. The smallest absolute Gasteiger partial charge is 0.258 e. The number of morpholine rings is 1. The van der Waals surface area contributed by atoms with Crippen LogP contribution in [0, 0.1) is 0 Å². The highest BCUT2D eigenvalue weighted by molar-refractivity contribution is 5.98. The number of nitrogens with zero attached hydrogens (tertiary/aromatic N) is 1. The number of fused-ring (bicyclic) bond motifs is 2. The number of carbonyl (C=O) groups is 1. The molecule has 4 rings (SSSR count). The first-order valence-corrected chi connectivity index (χ1v) is 8.83. The first kappa shape index (κ1) is 16.4. The number of amides is 1. The van der Waals surface area contributed by atoms with Crippen LogP contribution in [0.4, 0.5) is 0 Å². The van der Waals surface area contributed by atoms with E-state index in [1.165, 1.54) is 0 Å². The summed E-state index contributed by atoms with van der Waals surface area (Å²) in [5.41, 5.74) is 0.563. The van der Waals surface area contributed by atoms with Crippen molar-refractivity contribution in [2.45, 2.75) is 31.1 Å². The van der Waals surface area contributed by atoms with Crippen molar-refractivity contribution in [1.29, 1.82) is 0 Å². The molecule has 134 valence electrons. The van der Waals surface area contributed by atoms with Crippen molar-refractivity contribution in [2.75, 3.05) is 33.0 Å². The van der Waals surface area contributed by atoms with Crippen LogP contribution in [0.5, 0.6) is 11.5 Å². The zero-order valence-corrected chi connectivity index (χ0v) is 14.2. The number of rotatable bonds is 4. The fourth-order valence-electron chi connectivity index (χ4n) is 3.93. The van der Waals surface area contributed by atoms with E-state index in [0.717, 1.165) is 12.8 Å². The number of para-hydroxylation sites is 1. The summed E-state index contributed by atoms with van der Waals surface area (Å²) in [6.45, 7) is 6.27. The van der Waals surface area contributed by atoms with Gasteiger partial charge in [-0.3, -0.25) is 4.79 Å². The maximum Gasteiger partial charge on any atom is 0.258 e. The quantitative estimate of drug-likeness (QED) is 0.782. The highest BCUT2D eigenvalue weighted by atomic mass is 16.6. The first-order valence-electron chi connectivity index (χ1n) is 8.83. The van der Waals surface area contributed by atoms with Crippen molar-refractivity contribution in [2.24, 2.45) is 0 Å². The molecule has 1 saturated heterocycles. The fraction of sp³-hybridized carbons (Fsp3) is 0.526. The largest absolute Gasteiger partial charge is 0.486 e. The molecule has 1 saturated carbocycles. The third-order valence-corrected chi connectivity index (χ3v) is 5.02. The van der Waals surface area contributed by atoms with Crippen LogP contribution >= 0.6 is 0 Å². The van der Waals surface area contributed by atoms with Crippen LogP contribution in [0.1, 0.15) is 23.2 Å². The summed E-state index contributed by atoms with van der Waals surface area (Å²) in [6.07, 6.45) is 3.45. The lowest BCUT2D eigenvalue weighted by atomic mass is 10.1. The first-order chi connectivity index (χ1) is 12.3. The van der Waals surface area contributed by atoms with Gasteiger partial charge in [0.2, 0.25) is 0 Å². The minimum absolute atomic E-state index is 0.0165. The standard InChI is InChI=1S/C19H23NO5/c1-2-9-22-16-7-6-14-18(16)24-10-8-20(14)19(21)13-4-3-5-15-17(13)25-12-11-23-15/h2-5,14,16,18H,1,6-12H2/t14-,16+,18+/m0/s1. The van der Waals surface area contributed by atoms with E-state index in [1.54, 1.807) is 12.1 Å². The summed E-state index contributed by atoms with van der Waals surface area (Å²) in [6, 6.07) is 5.52. The van der Waals surface area contributed by atoms with Gasteiger partial charge in [0.1, 0.15) is 19.3 Å². The summed E-state index contributed by atoms with van der Waals surface area (Å²) < 4.78 is 23.1. The zero-order chi connectivity index (χ0) is 17.2. The van der Waals surface area contributed by atoms with Crippen molar-refractivity contribution in [1.82, 2.24) is 4.90 Å². The van der Waals surface area contributed by atoms with Crippen LogP contribution < -0.4 is 9.47 Å². The van der Waals surface area contributed by atoms with Gasteiger partial charge in [-0.25, -0.2) is 0 Å². The molecule has 0 radical (unpaired) electrons. The van der Waals surface area contributed by atoms with E-state index in [0.29, 0.717) is 50.0 Å². The maximum atomic E-state index is 13.2. The third kappa shape index (κ3) is 3.00. The van der Waals surface area contributed by atoms with Crippen LogP contribution in [-0.2, 0) is 9.47 Å². The maximum absolute atomic E-state index is 13.2. The lowest BCUT2D eigenvalue weighted by molar-refractivity contribution is -0.100. The predicted molar refractivity (Wildman–Crippen MR) is 91.2 cm³/mol. The molecule has 3 atom stereocenters. The highest BCUT2D eigenvalue weighted by Crippen LogP contribution is 2.37. The fourth-order valence-corrected chi connectivity index (χ4v) is 3.93. The molecule has 25 heavy (non-hydrogen) atoms.